The molecule has 2 heterocycles. The van der Waals surface area contributed by atoms with Crippen LogP contribution in [0.3, 0.4) is 0 Å². The average Bonchev–Trinajstić information content (AvgIpc) is 2.96. The van der Waals surface area contributed by atoms with Crippen LogP contribution in [0.2, 0.25) is 0 Å². The summed E-state index contributed by atoms with van der Waals surface area (Å²) in [5, 5.41) is 0.835. The lowest BCUT2D eigenvalue weighted by Crippen LogP contribution is -2.10. The summed E-state index contributed by atoms with van der Waals surface area (Å²) in [6.45, 7) is 6.94. The minimum Gasteiger partial charge on any atom is -0.465 e. The van der Waals surface area contributed by atoms with Crippen LogP contribution < -0.4 is 5.63 Å². The van der Waals surface area contributed by atoms with Crippen molar-refractivity contribution in [1.82, 2.24) is 0 Å². The number of rotatable bonds is 3. The van der Waals surface area contributed by atoms with Crippen LogP contribution in [-0.2, 0) is 4.74 Å². The predicted octanol–water partition coefficient (Wildman–Crippen LogP) is 3.56. The molecule has 0 aliphatic carbocycles. The number of methoxy groups -OCH3 is 1. The Morgan fingerprint density at radius 3 is 2.33 bits per heavy atom. The van der Waals surface area contributed by atoms with E-state index in [9.17, 15) is 14.4 Å². The first kappa shape index (κ1) is 15.7. The molecule has 6 heteroatoms. The second-order valence-corrected chi connectivity index (χ2v) is 5.46. The Bertz CT molecular complexity index is 1080. The standard InChI is InChI=1S/C18H14O6/c1-8(2)13-6-10-5-11(9(3)19)17-15(16(10)23-13)12(18(21)22-4)7-14(20)24-17/h5-7H,1H2,2-4H3. The molecule has 0 N–H and O–H groups in total. The molecule has 0 aliphatic rings. The van der Waals surface area contributed by atoms with Gasteiger partial charge in [0.15, 0.2) is 11.4 Å². The highest BCUT2D eigenvalue weighted by molar-refractivity contribution is 6.19. The minimum absolute atomic E-state index is 0.00511. The molecule has 0 spiro atoms. The van der Waals surface area contributed by atoms with E-state index >= 15 is 0 Å². The zero-order chi connectivity index (χ0) is 17.6. The SMILES string of the molecule is C=C(C)c1cc2cc(C(C)=O)c3oc(=O)cc(C(=O)OC)c3c2o1. The second kappa shape index (κ2) is 5.49. The Morgan fingerprint density at radius 2 is 1.75 bits per heavy atom. The molecular formula is C18H14O6. The molecule has 1 aromatic carbocycles. The Kier molecular flexibility index (Phi) is 3.60. The van der Waals surface area contributed by atoms with E-state index in [0.717, 1.165) is 6.07 Å². The van der Waals surface area contributed by atoms with Crippen molar-refractivity contribution < 1.29 is 23.2 Å². The van der Waals surface area contributed by atoms with Crippen LogP contribution in [0.1, 0.15) is 40.3 Å². The number of carbonyl (C=O) groups is 2. The van der Waals surface area contributed by atoms with Gasteiger partial charge in [-0.2, -0.15) is 0 Å². The highest BCUT2D eigenvalue weighted by atomic mass is 16.5. The Morgan fingerprint density at radius 1 is 1.04 bits per heavy atom. The van der Waals surface area contributed by atoms with Gasteiger partial charge in [0.25, 0.3) is 0 Å². The van der Waals surface area contributed by atoms with Gasteiger partial charge in [0.2, 0.25) is 0 Å². The third-order valence-electron chi connectivity index (χ3n) is 3.70. The molecule has 0 saturated heterocycles. The summed E-state index contributed by atoms with van der Waals surface area (Å²) in [4.78, 5) is 35.9. The first-order chi connectivity index (χ1) is 11.3. The van der Waals surface area contributed by atoms with Crippen molar-refractivity contribution in [3.8, 4) is 0 Å². The number of carbonyl (C=O) groups excluding carboxylic acids is 2. The van der Waals surface area contributed by atoms with Crippen molar-refractivity contribution in [2.24, 2.45) is 0 Å². The average molecular weight is 326 g/mol. The molecule has 24 heavy (non-hydrogen) atoms. The number of esters is 1. The van der Waals surface area contributed by atoms with Gasteiger partial charge in [0.1, 0.15) is 11.3 Å². The number of allylic oxidation sites excluding steroid dienone is 1. The van der Waals surface area contributed by atoms with Crippen molar-refractivity contribution in [2.45, 2.75) is 13.8 Å². The first-order valence-electron chi connectivity index (χ1n) is 7.13. The molecule has 6 nitrogen and oxygen atoms in total. The monoisotopic (exact) mass is 326 g/mol. The van der Waals surface area contributed by atoms with E-state index in [-0.39, 0.29) is 27.9 Å². The molecule has 0 saturated carbocycles. The fraction of sp³-hybridized carbons (Fsp3) is 0.167. The summed E-state index contributed by atoms with van der Waals surface area (Å²) in [7, 11) is 1.20. The van der Waals surface area contributed by atoms with E-state index in [4.69, 9.17) is 13.6 Å². The number of furan rings is 1. The zero-order valence-corrected chi connectivity index (χ0v) is 13.4. The Hall–Kier alpha value is -3.15. The number of fused-ring (bicyclic) bond motifs is 3. The number of hydrogen-bond acceptors (Lipinski definition) is 6. The molecule has 122 valence electrons. The molecule has 0 bridgehead atoms. The lowest BCUT2D eigenvalue weighted by atomic mass is 10.0. The molecule has 0 atom stereocenters. The van der Waals surface area contributed by atoms with Gasteiger partial charge in [-0.3, -0.25) is 4.79 Å². The van der Waals surface area contributed by atoms with Crippen LogP contribution in [0.5, 0.6) is 0 Å². The van der Waals surface area contributed by atoms with E-state index < -0.39 is 11.6 Å². The highest BCUT2D eigenvalue weighted by Crippen LogP contribution is 2.34. The molecule has 3 rings (SSSR count). The summed E-state index contributed by atoms with van der Waals surface area (Å²) < 4.78 is 15.7. The van der Waals surface area contributed by atoms with E-state index in [0.29, 0.717) is 22.3 Å². The van der Waals surface area contributed by atoms with Crippen molar-refractivity contribution >= 4 is 39.3 Å². The first-order valence-corrected chi connectivity index (χ1v) is 7.13. The van der Waals surface area contributed by atoms with Crippen LogP contribution >= 0.6 is 0 Å². The van der Waals surface area contributed by atoms with Gasteiger partial charge in [-0.15, -0.1) is 0 Å². The fourth-order valence-electron chi connectivity index (χ4n) is 2.58. The maximum atomic E-state index is 12.1. The van der Waals surface area contributed by atoms with Gasteiger partial charge in [-0.1, -0.05) is 6.58 Å². The van der Waals surface area contributed by atoms with Crippen molar-refractivity contribution in [3.05, 3.63) is 52.1 Å². The van der Waals surface area contributed by atoms with Crippen LogP contribution in [0.15, 0.2) is 38.4 Å². The minimum atomic E-state index is -0.753. The van der Waals surface area contributed by atoms with Crippen LogP contribution in [0.4, 0.5) is 0 Å². The van der Waals surface area contributed by atoms with Gasteiger partial charge in [-0.25, -0.2) is 9.59 Å². The van der Waals surface area contributed by atoms with Crippen LogP contribution in [0.25, 0.3) is 27.5 Å². The fourth-order valence-corrected chi connectivity index (χ4v) is 2.58. The molecule has 0 fully saturated rings. The van der Waals surface area contributed by atoms with E-state index in [1.54, 1.807) is 19.1 Å². The number of ketones is 1. The lowest BCUT2D eigenvalue weighted by molar-refractivity contribution is 0.0602. The highest BCUT2D eigenvalue weighted by Gasteiger charge is 2.23. The third-order valence-corrected chi connectivity index (χ3v) is 3.70. The van der Waals surface area contributed by atoms with Crippen molar-refractivity contribution in [3.63, 3.8) is 0 Å². The summed E-state index contributed by atoms with van der Waals surface area (Å²) >= 11 is 0. The summed E-state index contributed by atoms with van der Waals surface area (Å²) in [6, 6.07) is 4.32. The second-order valence-electron chi connectivity index (χ2n) is 5.46. The summed E-state index contributed by atoms with van der Waals surface area (Å²) in [6.07, 6.45) is 0. The Labute approximate surface area is 136 Å². The van der Waals surface area contributed by atoms with Gasteiger partial charge in [0.05, 0.1) is 23.6 Å². The number of ether oxygens (including phenoxy) is 1. The lowest BCUT2D eigenvalue weighted by Gasteiger charge is -2.07. The number of Topliss-reactive ketones (excluding diaryl/α,β-unsaturated/α-hetero) is 1. The number of benzene rings is 1. The third kappa shape index (κ3) is 2.32. The predicted molar refractivity (Wildman–Crippen MR) is 88.3 cm³/mol. The maximum absolute atomic E-state index is 12.1. The van der Waals surface area contributed by atoms with Gasteiger partial charge < -0.3 is 13.6 Å². The van der Waals surface area contributed by atoms with E-state index in [2.05, 4.69) is 6.58 Å². The topological polar surface area (TPSA) is 86.7 Å². The van der Waals surface area contributed by atoms with Crippen molar-refractivity contribution in [1.29, 1.82) is 0 Å². The van der Waals surface area contributed by atoms with E-state index in [1.807, 2.05) is 0 Å². The van der Waals surface area contributed by atoms with Gasteiger partial charge in [-0.05, 0) is 31.6 Å². The van der Waals surface area contributed by atoms with Gasteiger partial charge >= 0.3 is 11.6 Å². The molecule has 0 amide bonds. The van der Waals surface area contributed by atoms with Crippen LogP contribution in [0, 0.1) is 0 Å². The van der Waals surface area contributed by atoms with Gasteiger partial charge in [0, 0.05) is 11.5 Å². The molecule has 0 radical (unpaired) electrons. The maximum Gasteiger partial charge on any atom is 0.339 e. The molecule has 2 aromatic heterocycles. The number of hydrogen-bond donors (Lipinski definition) is 0. The summed E-state index contributed by atoms with van der Waals surface area (Å²) in [5.41, 5.74) is 0.439. The smallest absolute Gasteiger partial charge is 0.339 e. The van der Waals surface area contributed by atoms with Crippen molar-refractivity contribution in [2.75, 3.05) is 7.11 Å². The zero-order valence-electron chi connectivity index (χ0n) is 13.4. The molecular weight excluding hydrogens is 312 g/mol. The van der Waals surface area contributed by atoms with Crippen LogP contribution in [-0.4, -0.2) is 18.9 Å². The van der Waals surface area contributed by atoms with E-state index in [1.165, 1.54) is 14.0 Å². The molecule has 0 unspecified atom stereocenters. The largest absolute Gasteiger partial charge is 0.465 e. The summed E-state index contributed by atoms with van der Waals surface area (Å²) in [5.74, 6) is -0.512. The quantitative estimate of drug-likeness (QED) is 0.415. The Balaban J connectivity index is 2.61. The molecule has 0 aliphatic heterocycles. The normalized spacial score (nSPS) is 11.0. The molecule has 3 aromatic rings.